The molecular formula is C12H13FN4O2S. The molecule has 2 N–H and O–H groups in total. The molecule has 106 valence electrons. The van der Waals surface area contributed by atoms with Crippen LogP contribution in [0.25, 0.3) is 0 Å². The van der Waals surface area contributed by atoms with Crippen LogP contribution in [0.2, 0.25) is 0 Å². The minimum atomic E-state index is -3.37. The molecule has 1 aromatic heterocycles. The predicted octanol–water partition coefficient (Wildman–Crippen LogP) is 1.60. The fraction of sp³-hybridized carbons (Fsp3) is 0.167. The minimum absolute atomic E-state index is 0.129. The average molecular weight is 296 g/mol. The van der Waals surface area contributed by atoms with Gasteiger partial charge < -0.3 is 5.32 Å². The summed E-state index contributed by atoms with van der Waals surface area (Å²) in [6, 6.07) is 9.42. The first-order valence-corrected chi connectivity index (χ1v) is 7.62. The third-order valence-corrected chi connectivity index (χ3v) is 2.95. The Balaban J connectivity index is 1.99. The van der Waals surface area contributed by atoms with Crippen LogP contribution in [-0.4, -0.2) is 24.9 Å². The number of aromatic nitrogens is 2. The summed E-state index contributed by atoms with van der Waals surface area (Å²) in [5, 5.41) is 10.4. The molecule has 20 heavy (non-hydrogen) atoms. The van der Waals surface area contributed by atoms with Gasteiger partial charge in [-0.3, -0.25) is 4.72 Å². The lowest BCUT2D eigenvalue weighted by Gasteiger charge is -2.07. The number of nitrogens with zero attached hydrogens (tertiary/aromatic N) is 2. The number of hydrogen-bond acceptors (Lipinski definition) is 5. The highest BCUT2D eigenvalue weighted by Gasteiger charge is 2.04. The molecule has 0 spiro atoms. The normalized spacial score (nSPS) is 11.1. The van der Waals surface area contributed by atoms with Crippen LogP contribution in [0.1, 0.15) is 5.56 Å². The Hall–Kier alpha value is -2.22. The molecule has 1 aromatic carbocycles. The van der Waals surface area contributed by atoms with E-state index in [0.29, 0.717) is 11.4 Å². The van der Waals surface area contributed by atoms with E-state index in [0.717, 1.165) is 6.26 Å². The Morgan fingerprint density at radius 2 is 1.75 bits per heavy atom. The van der Waals surface area contributed by atoms with E-state index in [2.05, 4.69) is 20.2 Å². The maximum absolute atomic E-state index is 13.4. The third kappa shape index (κ3) is 4.16. The van der Waals surface area contributed by atoms with Crippen LogP contribution in [0.4, 0.5) is 16.0 Å². The zero-order valence-electron chi connectivity index (χ0n) is 10.7. The van der Waals surface area contributed by atoms with Crippen LogP contribution >= 0.6 is 0 Å². The van der Waals surface area contributed by atoms with Crippen molar-refractivity contribution >= 4 is 21.7 Å². The lowest BCUT2D eigenvalue weighted by Crippen LogP contribution is -2.12. The summed E-state index contributed by atoms with van der Waals surface area (Å²) >= 11 is 0. The zero-order valence-corrected chi connectivity index (χ0v) is 11.5. The Morgan fingerprint density at radius 3 is 2.35 bits per heavy atom. The largest absolute Gasteiger partial charge is 0.364 e. The second-order valence-corrected chi connectivity index (χ2v) is 5.87. The van der Waals surface area contributed by atoms with E-state index in [1.54, 1.807) is 24.3 Å². The number of halogens is 1. The Kier molecular flexibility index (Phi) is 4.14. The summed E-state index contributed by atoms with van der Waals surface area (Å²) in [5.41, 5.74) is 0.507. The van der Waals surface area contributed by atoms with E-state index in [1.165, 1.54) is 12.1 Å². The van der Waals surface area contributed by atoms with E-state index in [9.17, 15) is 12.8 Å². The highest BCUT2D eigenvalue weighted by atomic mass is 32.2. The summed E-state index contributed by atoms with van der Waals surface area (Å²) in [6.07, 6.45) is 1.03. The number of anilines is 2. The molecule has 0 radical (unpaired) electrons. The predicted molar refractivity (Wildman–Crippen MR) is 74.2 cm³/mol. The number of sulfonamides is 1. The third-order valence-electron chi connectivity index (χ3n) is 2.37. The molecule has 1 heterocycles. The maximum atomic E-state index is 13.4. The highest BCUT2D eigenvalue weighted by molar-refractivity contribution is 7.92. The van der Waals surface area contributed by atoms with Gasteiger partial charge in [-0.1, -0.05) is 18.2 Å². The van der Waals surface area contributed by atoms with Gasteiger partial charge in [0, 0.05) is 12.1 Å². The van der Waals surface area contributed by atoms with Gasteiger partial charge in [-0.25, -0.2) is 12.8 Å². The Bertz CT molecular complexity index is 689. The number of nitrogens with one attached hydrogen (secondary N) is 2. The van der Waals surface area contributed by atoms with Crippen LogP contribution < -0.4 is 10.0 Å². The second-order valence-electron chi connectivity index (χ2n) is 4.12. The van der Waals surface area contributed by atoms with Gasteiger partial charge in [0.1, 0.15) is 11.6 Å². The molecule has 0 aliphatic carbocycles. The fourth-order valence-corrected chi connectivity index (χ4v) is 1.99. The van der Waals surface area contributed by atoms with Gasteiger partial charge in [0.2, 0.25) is 10.0 Å². The Morgan fingerprint density at radius 1 is 1.10 bits per heavy atom. The molecule has 0 fully saturated rings. The van der Waals surface area contributed by atoms with E-state index in [1.807, 2.05) is 0 Å². The second kappa shape index (κ2) is 5.83. The first-order valence-electron chi connectivity index (χ1n) is 5.73. The summed E-state index contributed by atoms with van der Waals surface area (Å²) in [6.45, 7) is 0.264. The minimum Gasteiger partial charge on any atom is -0.364 e. The maximum Gasteiger partial charge on any atom is 0.231 e. The zero-order chi connectivity index (χ0) is 14.6. The van der Waals surface area contributed by atoms with Crippen molar-refractivity contribution in [1.82, 2.24) is 10.2 Å². The van der Waals surface area contributed by atoms with Crippen molar-refractivity contribution in [1.29, 1.82) is 0 Å². The molecule has 0 amide bonds. The van der Waals surface area contributed by atoms with Gasteiger partial charge in [0.25, 0.3) is 0 Å². The number of benzene rings is 1. The van der Waals surface area contributed by atoms with Crippen molar-refractivity contribution in [2.45, 2.75) is 6.54 Å². The molecule has 8 heteroatoms. The van der Waals surface area contributed by atoms with Gasteiger partial charge in [-0.2, -0.15) is 0 Å². The first-order chi connectivity index (χ1) is 9.44. The molecule has 0 saturated heterocycles. The van der Waals surface area contributed by atoms with Crippen LogP contribution in [0.15, 0.2) is 36.4 Å². The van der Waals surface area contributed by atoms with Crippen molar-refractivity contribution in [3.63, 3.8) is 0 Å². The molecule has 2 aromatic rings. The van der Waals surface area contributed by atoms with Crippen molar-refractivity contribution < 1.29 is 12.8 Å². The van der Waals surface area contributed by atoms with Crippen molar-refractivity contribution in [3.8, 4) is 0 Å². The van der Waals surface area contributed by atoms with E-state index in [4.69, 9.17) is 0 Å². The molecule has 0 atom stereocenters. The molecule has 6 nitrogen and oxygen atoms in total. The SMILES string of the molecule is CS(=O)(=O)Nc1ccc(NCc2ccccc2F)nn1. The summed E-state index contributed by atoms with van der Waals surface area (Å²) < 4.78 is 37.6. The quantitative estimate of drug-likeness (QED) is 0.875. The molecular weight excluding hydrogens is 283 g/mol. The fourth-order valence-electron chi connectivity index (χ4n) is 1.50. The van der Waals surface area contributed by atoms with Crippen LogP contribution in [-0.2, 0) is 16.6 Å². The van der Waals surface area contributed by atoms with Crippen molar-refractivity contribution in [3.05, 3.63) is 47.8 Å². The highest BCUT2D eigenvalue weighted by Crippen LogP contribution is 2.11. The van der Waals surface area contributed by atoms with Crippen molar-refractivity contribution in [2.24, 2.45) is 0 Å². The molecule has 0 unspecified atom stereocenters. The summed E-state index contributed by atoms with van der Waals surface area (Å²) in [5.74, 6) is 0.250. The van der Waals surface area contributed by atoms with E-state index < -0.39 is 10.0 Å². The monoisotopic (exact) mass is 296 g/mol. The standard InChI is InChI=1S/C12H13FN4O2S/c1-20(18,19)17-12-7-6-11(15-16-12)14-8-9-4-2-3-5-10(9)13/h2-7H,8H2,1H3,(H,14,15)(H,16,17). The van der Waals surface area contributed by atoms with Crippen LogP contribution in [0.5, 0.6) is 0 Å². The van der Waals surface area contributed by atoms with Gasteiger partial charge in [-0.05, 0) is 18.2 Å². The van der Waals surface area contributed by atoms with Crippen molar-refractivity contribution in [2.75, 3.05) is 16.3 Å². The average Bonchev–Trinajstić information content (AvgIpc) is 2.38. The number of rotatable bonds is 5. The smallest absolute Gasteiger partial charge is 0.231 e. The van der Waals surface area contributed by atoms with Crippen LogP contribution in [0.3, 0.4) is 0 Å². The van der Waals surface area contributed by atoms with Crippen LogP contribution in [0, 0.1) is 5.82 Å². The summed E-state index contributed by atoms with van der Waals surface area (Å²) in [4.78, 5) is 0. The number of hydrogen-bond donors (Lipinski definition) is 2. The van der Waals surface area contributed by atoms with Gasteiger partial charge in [0.05, 0.1) is 6.26 Å². The molecule has 0 aliphatic heterocycles. The lowest BCUT2D eigenvalue weighted by atomic mass is 10.2. The molecule has 0 aliphatic rings. The van der Waals surface area contributed by atoms with E-state index >= 15 is 0 Å². The molecule has 2 rings (SSSR count). The molecule has 0 bridgehead atoms. The molecule has 0 saturated carbocycles. The van der Waals surface area contributed by atoms with Gasteiger partial charge >= 0.3 is 0 Å². The first kappa shape index (κ1) is 14.2. The Labute approximate surface area is 116 Å². The van der Waals surface area contributed by atoms with E-state index in [-0.39, 0.29) is 18.2 Å². The topological polar surface area (TPSA) is 84.0 Å². The lowest BCUT2D eigenvalue weighted by molar-refractivity contribution is 0.606. The van der Waals surface area contributed by atoms with Gasteiger partial charge in [-0.15, -0.1) is 10.2 Å². The van der Waals surface area contributed by atoms with Gasteiger partial charge in [0.15, 0.2) is 5.82 Å². The summed E-state index contributed by atoms with van der Waals surface area (Å²) in [7, 11) is -3.37.